The normalized spacial score (nSPS) is 21.7. The van der Waals surface area contributed by atoms with E-state index >= 15 is 0 Å². The van der Waals surface area contributed by atoms with Crippen LogP contribution in [0.1, 0.15) is 46.0 Å². The quantitative estimate of drug-likeness (QED) is 0.787. The van der Waals surface area contributed by atoms with E-state index in [0.717, 1.165) is 25.9 Å². The Bertz CT molecular complexity index is 245. The Morgan fingerprint density at radius 3 is 2.16 bits per heavy atom. The van der Waals surface area contributed by atoms with E-state index in [1.165, 1.54) is 32.4 Å². The molecule has 4 heteroatoms. The predicted molar refractivity (Wildman–Crippen MR) is 78.3 cm³/mol. The summed E-state index contributed by atoms with van der Waals surface area (Å²) >= 11 is 0. The van der Waals surface area contributed by atoms with E-state index < -0.39 is 0 Å². The fraction of sp³-hybridized carbons (Fsp3) is 0.933. The average Bonchev–Trinajstić information content (AvgIpc) is 2.51. The molecule has 2 rings (SSSR count). The molecule has 0 aromatic carbocycles. The van der Waals surface area contributed by atoms with E-state index in [1.54, 1.807) is 7.11 Å². The summed E-state index contributed by atoms with van der Waals surface area (Å²) in [7, 11) is 1.58. The van der Waals surface area contributed by atoms with Crippen LogP contribution in [0.4, 0.5) is 0 Å². The van der Waals surface area contributed by atoms with Crippen LogP contribution in [0.3, 0.4) is 0 Å². The van der Waals surface area contributed by atoms with E-state index in [1.807, 2.05) is 18.7 Å². The first-order valence-corrected chi connectivity index (χ1v) is 7.82. The van der Waals surface area contributed by atoms with E-state index in [2.05, 4.69) is 4.90 Å². The molecule has 1 amide bonds. The van der Waals surface area contributed by atoms with Crippen LogP contribution in [0.25, 0.3) is 0 Å². The Balaban J connectivity index is 0.000000861. The molecule has 0 spiro atoms. The number of nitrogens with zero attached hydrogens (tertiary/aromatic N) is 2. The van der Waals surface area contributed by atoms with Crippen LogP contribution < -0.4 is 0 Å². The van der Waals surface area contributed by atoms with Gasteiger partial charge in [-0.05, 0) is 38.8 Å². The number of ether oxygens (including phenoxy) is 1. The second kappa shape index (κ2) is 9.32. The molecule has 0 unspecified atom stereocenters. The summed E-state index contributed by atoms with van der Waals surface area (Å²) in [5, 5.41) is 0. The second-order valence-corrected chi connectivity index (χ2v) is 5.14. The molecule has 2 heterocycles. The van der Waals surface area contributed by atoms with Gasteiger partial charge in [0.2, 0.25) is 5.91 Å². The maximum atomic E-state index is 11.7. The number of hydrogen-bond acceptors (Lipinski definition) is 3. The van der Waals surface area contributed by atoms with Gasteiger partial charge in [-0.15, -0.1) is 0 Å². The maximum Gasteiger partial charge on any atom is 0.248 e. The van der Waals surface area contributed by atoms with Gasteiger partial charge in [0.1, 0.15) is 6.61 Å². The molecule has 2 saturated heterocycles. The molecule has 0 aromatic heterocycles. The number of hydrogen-bond donors (Lipinski definition) is 0. The number of carbonyl (C=O) groups excluding carboxylic acids is 1. The van der Waals surface area contributed by atoms with Crippen molar-refractivity contribution >= 4 is 5.91 Å². The van der Waals surface area contributed by atoms with Crippen LogP contribution in [0.15, 0.2) is 0 Å². The van der Waals surface area contributed by atoms with E-state index in [0.29, 0.717) is 6.04 Å². The van der Waals surface area contributed by atoms with Gasteiger partial charge in [0.25, 0.3) is 0 Å². The highest BCUT2D eigenvalue weighted by Gasteiger charge is 2.27. The standard InChI is InChI=1S/C13H24N2O2.C2H6/c1-17-11-13(16)15-9-5-12(6-10-15)14-7-3-2-4-8-14;1-2/h12H,2-11H2,1H3;1-2H3. The van der Waals surface area contributed by atoms with Crippen LogP contribution in [-0.2, 0) is 9.53 Å². The minimum Gasteiger partial charge on any atom is -0.375 e. The first kappa shape index (κ1) is 16.4. The van der Waals surface area contributed by atoms with Crippen LogP contribution in [0.5, 0.6) is 0 Å². The number of amides is 1. The van der Waals surface area contributed by atoms with Crippen molar-refractivity contribution < 1.29 is 9.53 Å². The Labute approximate surface area is 118 Å². The molecule has 0 aliphatic carbocycles. The van der Waals surface area contributed by atoms with Gasteiger partial charge in [-0.1, -0.05) is 20.3 Å². The van der Waals surface area contributed by atoms with Gasteiger partial charge in [-0.25, -0.2) is 0 Å². The van der Waals surface area contributed by atoms with E-state index in [9.17, 15) is 4.79 Å². The van der Waals surface area contributed by atoms with E-state index in [-0.39, 0.29) is 12.5 Å². The summed E-state index contributed by atoms with van der Waals surface area (Å²) in [6.07, 6.45) is 6.36. The molecule has 4 nitrogen and oxygen atoms in total. The Morgan fingerprint density at radius 2 is 1.63 bits per heavy atom. The first-order valence-electron chi connectivity index (χ1n) is 7.82. The summed E-state index contributed by atoms with van der Waals surface area (Å²) in [5.41, 5.74) is 0. The molecule has 2 aliphatic rings. The largest absolute Gasteiger partial charge is 0.375 e. The van der Waals surface area contributed by atoms with Gasteiger partial charge in [0.05, 0.1) is 0 Å². The highest BCUT2D eigenvalue weighted by molar-refractivity contribution is 5.77. The van der Waals surface area contributed by atoms with Crippen molar-refractivity contribution in [1.82, 2.24) is 9.80 Å². The topological polar surface area (TPSA) is 32.8 Å². The lowest BCUT2D eigenvalue weighted by molar-refractivity contribution is -0.136. The van der Waals surface area contributed by atoms with Crippen molar-refractivity contribution in [3.63, 3.8) is 0 Å². The zero-order valence-corrected chi connectivity index (χ0v) is 12.9. The average molecular weight is 270 g/mol. The molecule has 2 fully saturated rings. The van der Waals surface area contributed by atoms with Crippen molar-refractivity contribution in [3.8, 4) is 0 Å². The number of rotatable bonds is 3. The molecule has 0 bridgehead atoms. The molecule has 0 saturated carbocycles. The van der Waals surface area contributed by atoms with Crippen molar-refractivity contribution in [2.24, 2.45) is 0 Å². The Kier molecular flexibility index (Phi) is 8.07. The smallest absolute Gasteiger partial charge is 0.248 e. The molecule has 2 aliphatic heterocycles. The Morgan fingerprint density at radius 1 is 1.05 bits per heavy atom. The van der Waals surface area contributed by atoms with Gasteiger partial charge in [0, 0.05) is 26.2 Å². The third kappa shape index (κ3) is 5.11. The molecule has 19 heavy (non-hydrogen) atoms. The fourth-order valence-corrected chi connectivity index (χ4v) is 2.98. The van der Waals surface area contributed by atoms with Gasteiger partial charge in [-0.3, -0.25) is 4.79 Å². The summed E-state index contributed by atoms with van der Waals surface area (Å²) < 4.78 is 4.90. The lowest BCUT2D eigenvalue weighted by Gasteiger charge is -2.40. The van der Waals surface area contributed by atoms with Gasteiger partial charge < -0.3 is 14.5 Å². The minimum absolute atomic E-state index is 0.143. The highest BCUT2D eigenvalue weighted by Crippen LogP contribution is 2.20. The van der Waals surface area contributed by atoms with Crippen LogP contribution >= 0.6 is 0 Å². The molecular formula is C15H30N2O2. The fourth-order valence-electron chi connectivity index (χ4n) is 2.98. The zero-order chi connectivity index (χ0) is 14.1. The third-order valence-corrected chi connectivity index (χ3v) is 3.99. The zero-order valence-electron chi connectivity index (χ0n) is 12.9. The summed E-state index contributed by atoms with van der Waals surface area (Å²) in [5.74, 6) is 0.143. The highest BCUT2D eigenvalue weighted by atomic mass is 16.5. The third-order valence-electron chi connectivity index (χ3n) is 3.99. The first-order chi connectivity index (χ1) is 9.31. The molecule has 0 aromatic rings. The van der Waals surface area contributed by atoms with Crippen LogP contribution in [0, 0.1) is 0 Å². The molecule has 0 atom stereocenters. The number of carbonyl (C=O) groups is 1. The predicted octanol–water partition coefficient (Wildman–Crippen LogP) is 2.14. The summed E-state index contributed by atoms with van der Waals surface area (Å²) in [4.78, 5) is 16.2. The van der Waals surface area contributed by atoms with Crippen molar-refractivity contribution in [2.45, 2.75) is 52.0 Å². The molecular weight excluding hydrogens is 240 g/mol. The number of methoxy groups -OCH3 is 1. The molecule has 0 N–H and O–H groups in total. The lowest BCUT2D eigenvalue weighted by Crippen LogP contribution is -2.48. The van der Waals surface area contributed by atoms with Gasteiger partial charge >= 0.3 is 0 Å². The van der Waals surface area contributed by atoms with Gasteiger partial charge in [0.15, 0.2) is 0 Å². The monoisotopic (exact) mass is 270 g/mol. The molecule has 112 valence electrons. The Hall–Kier alpha value is -0.610. The number of likely N-dealkylation sites (tertiary alicyclic amines) is 2. The van der Waals surface area contributed by atoms with Gasteiger partial charge in [-0.2, -0.15) is 0 Å². The van der Waals surface area contributed by atoms with Crippen LogP contribution in [0.2, 0.25) is 0 Å². The summed E-state index contributed by atoms with van der Waals surface area (Å²) in [6, 6.07) is 0.710. The number of piperidine rings is 2. The van der Waals surface area contributed by atoms with Crippen molar-refractivity contribution in [1.29, 1.82) is 0 Å². The molecule has 0 radical (unpaired) electrons. The van der Waals surface area contributed by atoms with Crippen molar-refractivity contribution in [2.75, 3.05) is 39.9 Å². The van der Waals surface area contributed by atoms with Crippen molar-refractivity contribution in [3.05, 3.63) is 0 Å². The van der Waals surface area contributed by atoms with E-state index in [4.69, 9.17) is 4.74 Å². The SMILES string of the molecule is CC.COCC(=O)N1CCC(N2CCCCC2)CC1. The maximum absolute atomic E-state index is 11.7. The van der Waals surface area contributed by atoms with Crippen LogP contribution in [-0.4, -0.2) is 61.6 Å². The second-order valence-electron chi connectivity index (χ2n) is 5.14. The minimum atomic E-state index is 0.143. The summed E-state index contributed by atoms with van der Waals surface area (Å²) in [6.45, 7) is 8.56. The lowest BCUT2D eigenvalue weighted by atomic mass is 10.00.